The standard InChI is InChI=1S/C15H18FNOS/c1-3-17(10-12-6-5-9-19-12)15-13(11(2)18)7-4-8-14(15)16/h4-9,11,18H,3,10H2,1-2H3. The fourth-order valence-corrected chi connectivity index (χ4v) is 2.86. The zero-order chi connectivity index (χ0) is 13.8. The zero-order valence-corrected chi connectivity index (χ0v) is 12.0. The van der Waals surface area contributed by atoms with Crippen LogP contribution in [0.3, 0.4) is 0 Å². The molecule has 0 saturated heterocycles. The molecular weight excluding hydrogens is 261 g/mol. The maximum Gasteiger partial charge on any atom is 0.146 e. The van der Waals surface area contributed by atoms with Crippen LogP contribution in [0.25, 0.3) is 0 Å². The fourth-order valence-electron chi connectivity index (χ4n) is 2.14. The van der Waals surface area contributed by atoms with Crippen LogP contribution in [-0.4, -0.2) is 11.7 Å². The molecule has 19 heavy (non-hydrogen) atoms. The van der Waals surface area contributed by atoms with Crippen molar-refractivity contribution in [2.45, 2.75) is 26.5 Å². The Kier molecular flexibility index (Phi) is 4.56. The van der Waals surface area contributed by atoms with Crippen molar-refractivity contribution in [3.63, 3.8) is 0 Å². The van der Waals surface area contributed by atoms with Gasteiger partial charge in [-0.2, -0.15) is 0 Å². The van der Waals surface area contributed by atoms with Crippen molar-refractivity contribution in [2.24, 2.45) is 0 Å². The molecule has 0 spiro atoms. The van der Waals surface area contributed by atoms with Gasteiger partial charge in [0, 0.05) is 17.0 Å². The second-order valence-electron chi connectivity index (χ2n) is 4.45. The van der Waals surface area contributed by atoms with E-state index in [1.54, 1.807) is 30.4 Å². The Morgan fingerprint density at radius 1 is 1.32 bits per heavy atom. The van der Waals surface area contributed by atoms with Crippen molar-refractivity contribution < 1.29 is 9.50 Å². The predicted octanol–water partition coefficient (Wildman–Crippen LogP) is 3.97. The van der Waals surface area contributed by atoms with Gasteiger partial charge >= 0.3 is 0 Å². The molecule has 2 aromatic rings. The van der Waals surface area contributed by atoms with Crippen molar-refractivity contribution in [1.82, 2.24) is 0 Å². The summed E-state index contributed by atoms with van der Waals surface area (Å²) in [5.74, 6) is -0.281. The lowest BCUT2D eigenvalue weighted by atomic mass is 10.1. The molecule has 0 radical (unpaired) electrons. The van der Waals surface area contributed by atoms with Crippen molar-refractivity contribution in [3.05, 3.63) is 52.0 Å². The number of para-hydroxylation sites is 1. The molecule has 0 aliphatic rings. The van der Waals surface area contributed by atoms with E-state index in [1.807, 2.05) is 29.3 Å². The lowest BCUT2D eigenvalue weighted by Crippen LogP contribution is -2.24. The number of anilines is 1. The zero-order valence-electron chi connectivity index (χ0n) is 11.1. The first-order valence-electron chi connectivity index (χ1n) is 6.37. The Labute approximate surface area is 117 Å². The molecule has 1 unspecified atom stereocenters. The van der Waals surface area contributed by atoms with Crippen LogP contribution in [0.4, 0.5) is 10.1 Å². The van der Waals surface area contributed by atoms with Gasteiger partial charge in [-0.1, -0.05) is 18.2 Å². The monoisotopic (exact) mass is 279 g/mol. The number of thiophene rings is 1. The highest BCUT2D eigenvalue weighted by atomic mass is 32.1. The van der Waals surface area contributed by atoms with E-state index in [0.29, 0.717) is 24.3 Å². The summed E-state index contributed by atoms with van der Waals surface area (Å²) in [5, 5.41) is 11.8. The summed E-state index contributed by atoms with van der Waals surface area (Å²) in [4.78, 5) is 3.14. The minimum absolute atomic E-state index is 0.281. The maximum atomic E-state index is 14.1. The summed E-state index contributed by atoms with van der Waals surface area (Å²) in [6, 6.07) is 8.89. The molecule has 1 heterocycles. The van der Waals surface area contributed by atoms with E-state index in [4.69, 9.17) is 0 Å². The van der Waals surface area contributed by atoms with E-state index in [9.17, 15) is 9.50 Å². The Morgan fingerprint density at radius 3 is 2.68 bits per heavy atom. The number of rotatable bonds is 5. The first-order chi connectivity index (χ1) is 9.13. The smallest absolute Gasteiger partial charge is 0.146 e. The molecule has 2 nitrogen and oxygen atoms in total. The average Bonchev–Trinajstić information content (AvgIpc) is 2.89. The Bertz CT molecular complexity index is 525. The van der Waals surface area contributed by atoms with Gasteiger partial charge in [-0.05, 0) is 31.4 Å². The van der Waals surface area contributed by atoms with Crippen molar-refractivity contribution in [3.8, 4) is 0 Å². The average molecular weight is 279 g/mol. The molecule has 0 fully saturated rings. The normalized spacial score (nSPS) is 12.4. The number of hydrogen-bond donors (Lipinski definition) is 1. The third kappa shape index (κ3) is 3.14. The maximum absolute atomic E-state index is 14.1. The molecule has 2 rings (SSSR count). The molecule has 0 saturated carbocycles. The van der Waals surface area contributed by atoms with E-state index >= 15 is 0 Å². The van der Waals surface area contributed by atoms with Crippen LogP contribution in [-0.2, 0) is 6.54 Å². The van der Waals surface area contributed by atoms with Crippen LogP contribution in [0.2, 0.25) is 0 Å². The minimum Gasteiger partial charge on any atom is -0.389 e. The van der Waals surface area contributed by atoms with Gasteiger partial charge in [-0.15, -0.1) is 11.3 Å². The molecule has 1 aromatic carbocycles. The van der Waals surface area contributed by atoms with Gasteiger partial charge in [0.2, 0.25) is 0 Å². The Balaban J connectivity index is 2.37. The minimum atomic E-state index is -0.678. The van der Waals surface area contributed by atoms with Crippen molar-refractivity contribution in [1.29, 1.82) is 0 Å². The first kappa shape index (κ1) is 14.0. The van der Waals surface area contributed by atoms with Crippen LogP contribution in [0, 0.1) is 5.82 Å². The van der Waals surface area contributed by atoms with Crippen LogP contribution in [0.15, 0.2) is 35.7 Å². The summed E-state index contributed by atoms with van der Waals surface area (Å²) in [6.45, 7) is 5.01. The number of halogens is 1. The third-order valence-corrected chi connectivity index (χ3v) is 3.95. The number of benzene rings is 1. The second kappa shape index (κ2) is 6.17. The lowest BCUT2D eigenvalue weighted by Gasteiger charge is -2.26. The van der Waals surface area contributed by atoms with Gasteiger partial charge in [0.15, 0.2) is 0 Å². The van der Waals surface area contributed by atoms with E-state index < -0.39 is 6.10 Å². The number of nitrogens with zero attached hydrogens (tertiary/aromatic N) is 1. The van der Waals surface area contributed by atoms with Gasteiger partial charge in [0.1, 0.15) is 5.82 Å². The topological polar surface area (TPSA) is 23.5 Å². The van der Waals surface area contributed by atoms with E-state index in [1.165, 1.54) is 10.9 Å². The SMILES string of the molecule is CCN(Cc1cccs1)c1c(F)cccc1C(C)O. The molecule has 0 amide bonds. The summed E-state index contributed by atoms with van der Waals surface area (Å²) in [7, 11) is 0. The molecule has 1 aromatic heterocycles. The van der Waals surface area contributed by atoms with Gasteiger partial charge in [0.25, 0.3) is 0 Å². The molecule has 1 atom stereocenters. The second-order valence-corrected chi connectivity index (χ2v) is 5.48. The molecule has 1 N–H and O–H groups in total. The number of aliphatic hydroxyl groups excluding tert-OH is 1. The van der Waals surface area contributed by atoms with Gasteiger partial charge in [-0.3, -0.25) is 0 Å². The first-order valence-corrected chi connectivity index (χ1v) is 7.25. The van der Waals surface area contributed by atoms with Crippen LogP contribution in [0.5, 0.6) is 0 Å². The van der Waals surface area contributed by atoms with Gasteiger partial charge in [0.05, 0.1) is 18.3 Å². The van der Waals surface area contributed by atoms with Crippen LogP contribution in [0.1, 0.15) is 30.4 Å². The third-order valence-electron chi connectivity index (χ3n) is 3.09. The number of hydrogen-bond acceptors (Lipinski definition) is 3. The van der Waals surface area contributed by atoms with E-state index in [2.05, 4.69) is 0 Å². The summed E-state index contributed by atoms with van der Waals surface area (Å²) >= 11 is 1.65. The fraction of sp³-hybridized carbons (Fsp3) is 0.333. The van der Waals surface area contributed by atoms with Gasteiger partial charge in [-0.25, -0.2) is 4.39 Å². The van der Waals surface area contributed by atoms with Crippen molar-refractivity contribution >= 4 is 17.0 Å². The highest BCUT2D eigenvalue weighted by Crippen LogP contribution is 2.30. The van der Waals surface area contributed by atoms with E-state index in [-0.39, 0.29) is 5.82 Å². The molecule has 4 heteroatoms. The summed E-state index contributed by atoms with van der Waals surface area (Å²) in [6.07, 6.45) is -0.678. The summed E-state index contributed by atoms with van der Waals surface area (Å²) in [5.41, 5.74) is 1.15. The summed E-state index contributed by atoms with van der Waals surface area (Å²) < 4.78 is 14.1. The quantitative estimate of drug-likeness (QED) is 0.895. The molecule has 102 valence electrons. The van der Waals surface area contributed by atoms with Crippen LogP contribution < -0.4 is 4.90 Å². The highest BCUT2D eigenvalue weighted by Gasteiger charge is 2.18. The van der Waals surface area contributed by atoms with E-state index in [0.717, 1.165) is 0 Å². The van der Waals surface area contributed by atoms with Crippen molar-refractivity contribution in [2.75, 3.05) is 11.4 Å². The van der Waals surface area contributed by atoms with Gasteiger partial charge < -0.3 is 10.0 Å². The molecule has 0 bridgehead atoms. The molecule has 0 aliphatic carbocycles. The largest absolute Gasteiger partial charge is 0.389 e. The number of aliphatic hydroxyl groups is 1. The highest BCUT2D eigenvalue weighted by molar-refractivity contribution is 7.09. The Morgan fingerprint density at radius 2 is 2.11 bits per heavy atom. The molecule has 0 aliphatic heterocycles. The predicted molar refractivity (Wildman–Crippen MR) is 78.1 cm³/mol. The van der Waals surface area contributed by atoms with Crippen LogP contribution >= 0.6 is 11.3 Å². The molecular formula is C15H18FNOS. The lowest BCUT2D eigenvalue weighted by molar-refractivity contribution is 0.199. The Hall–Kier alpha value is -1.39.